The van der Waals surface area contributed by atoms with Gasteiger partial charge in [0.15, 0.2) is 0 Å². The van der Waals surface area contributed by atoms with Crippen LogP contribution < -0.4 is 5.73 Å². The van der Waals surface area contributed by atoms with Gasteiger partial charge in [-0.2, -0.15) is 10.2 Å². The third-order valence-corrected chi connectivity index (χ3v) is 3.45. The van der Waals surface area contributed by atoms with Crippen LogP contribution in [0.15, 0.2) is 42.7 Å². The van der Waals surface area contributed by atoms with Gasteiger partial charge in [-0.15, -0.1) is 0 Å². The highest BCUT2D eigenvalue weighted by atomic mass is 15.1. The van der Waals surface area contributed by atoms with Crippen LogP contribution in [0.5, 0.6) is 0 Å². The summed E-state index contributed by atoms with van der Waals surface area (Å²) in [5.41, 5.74) is 9.87. The summed E-state index contributed by atoms with van der Waals surface area (Å²) in [5, 5.41) is 10.2. The van der Waals surface area contributed by atoms with Crippen molar-refractivity contribution in [1.29, 1.82) is 0 Å². The van der Waals surface area contributed by atoms with Crippen molar-refractivity contribution >= 4 is 10.8 Å². The number of aryl methyl sites for hydroxylation is 1. The molecular formula is C16H16N4. The molecular weight excluding hydrogens is 248 g/mol. The quantitative estimate of drug-likeness (QED) is 0.790. The third-order valence-electron chi connectivity index (χ3n) is 3.45. The second kappa shape index (κ2) is 5.35. The molecule has 0 aliphatic rings. The van der Waals surface area contributed by atoms with Gasteiger partial charge in [-0.3, -0.25) is 4.98 Å². The summed E-state index contributed by atoms with van der Waals surface area (Å²) in [4.78, 5) is 4.44. The summed E-state index contributed by atoms with van der Waals surface area (Å²) in [5.74, 6) is 0. The molecule has 2 N–H and O–H groups in total. The molecule has 0 spiro atoms. The van der Waals surface area contributed by atoms with Crippen LogP contribution in [-0.4, -0.2) is 15.2 Å². The Kier molecular flexibility index (Phi) is 3.39. The van der Waals surface area contributed by atoms with Crippen LogP contribution >= 0.6 is 0 Å². The van der Waals surface area contributed by atoms with E-state index in [2.05, 4.69) is 46.4 Å². The molecule has 4 nitrogen and oxygen atoms in total. The Labute approximate surface area is 117 Å². The SMILES string of the molecule is CCc1ccc(-c2ccc3cnnc(CN)c3c2)cn1. The molecule has 0 aliphatic heterocycles. The molecule has 4 heteroatoms. The molecule has 20 heavy (non-hydrogen) atoms. The van der Waals surface area contributed by atoms with Crippen molar-refractivity contribution in [3.05, 3.63) is 54.1 Å². The Morgan fingerprint density at radius 3 is 2.60 bits per heavy atom. The van der Waals surface area contributed by atoms with Crippen LogP contribution in [0.1, 0.15) is 18.3 Å². The number of aromatic nitrogens is 3. The Bertz CT molecular complexity index is 735. The molecule has 0 amide bonds. The van der Waals surface area contributed by atoms with Crippen molar-refractivity contribution < 1.29 is 0 Å². The Morgan fingerprint density at radius 2 is 1.90 bits per heavy atom. The molecule has 0 saturated carbocycles. The van der Waals surface area contributed by atoms with Crippen LogP contribution in [0.25, 0.3) is 21.9 Å². The molecule has 3 rings (SSSR count). The zero-order valence-corrected chi connectivity index (χ0v) is 11.4. The standard InChI is InChI=1S/C16H16N4/c1-2-14-6-5-12(9-18-14)11-3-4-13-10-19-20-16(8-17)15(13)7-11/h3-7,9-10H,2,8,17H2,1H3. The van der Waals surface area contributed by atoms with E-state index in [0.717, 1.165) is 39.7 Å². The Hall–Kier alpha value is -2.33. The van der Waals surface area contributed by atoms with Crippen molar-refractivity contribution in [2.45, 2.75) is 19.9 Å². The summed E-state index contributed by atoms with van der Waals surface area (Å²) in [6.07, 6.45) is 4.62. The van der Waals surface area contributed by atoms with Gasteiger partial charge in [0.05, 0.1) is 11.9 Å². The van der Waals surface area contributed by atoms with Crippen LogP contribution in [-0.2, 0) is 13.0 Å². The number of hydrogen-bond acceptors (Lipinski definition) is 4. The number of fused-ring (bicyclic) bond motifs is 1. The maximum absolute atomic E-state index is 5.73. The van der Waals surface area contributed by atoms with Crippen molar-refractivity contribution in [3.63, 3.8) is 0 Å². The van der Waals surface area contributed by atoms with Gasteiger partial charge in [0, 0.05) is 34.8 Å². The first-order valence-corrected chi connectivity index (χ1v) is 6.71. The van der Waals surface area contributed by atoms with Crippen molar-refractivity contribution in [2.75, 3.05) is 0 Å². The third kappa shape index (κ3) is 2.26. The van der Waals surface area contributed by atoms with Gasteiger partial charge in [-0.1, -0.05) is 25.1 Å². The average molecular weight is 264 g/mol. The van der Waals surface area contributed by atoms with Crippen LogP contribution in [0.2, 0.25) is 0 Å². The molecule has 2 heterocycles. The monoisotopic (exact) mass is 264 g/mol. The van der Waals surface area contributed by atoms with E-state index < -0.39 is 0 Å². The van der Waals surface area contributed by atoms with Gasteiger partial charge in [0.1, 0.15) is 0 Å². The highest BCUT2D eigenvalue weighted by Crippen LogP contribution is 2.25. The lowest BCUT2D eigenvalue weighted by atomic mass is 10.0. The maximum atomic E-state index is 5.73. The van der Waals surface area contributed by atoms with Gasteiger partial charge < -0.3 is 5.73 Å². The van der Waals surface area contributed by atoms with E-state index in [4.69, 9.17) is 5.73 Å². The van der Waals surface area contributed by atoms with Crippen LogP contribution in [0, 0.1) is 0 Å². The highest BCUT2D eigenvalue weighted by Gasteiger charge is 2.05. The lowest BCUT2D eigenvalue weighted by molar-refractivity contribution is 0.918. The molecule has 0 fully saturated rings. The predicted octanol–water partition coefficient (Wildman–Crippen LogP) is 2.71. The fourth-order valence-electron chi connectivity index (χ4n) is 2.27. The minimum atomic E-state index is 0.390. The Morgan fingerprint density at radius 1 is 1.05 bits per heavy atom. The van der Waals surface area contributed by atoms with Crippen LogP contribution in [0.3, 0.4) is 0 Å². The first kappa shape index (κ1) is 12.7. The van der Waals surface area contributed by atoms with E-state index in [1.54, 1.807) is 6.20 Å². The largest absolute Gasteiger partial charge is 0.325 e. The van der Waals surface area contributed by atoms with Gasteiger partial charge in [-0.05, 0) is 24.1 Å². The molecule has 1 aromatic carbocycles. The fourth-order valence-corrected chi connectivity index (χ4v) is 2.27. The number of nitrogens with zero attached hydrogens (tertiary/aromatic N) is 3. The first-order chi connectivity index (χ1) is 9.81. The average Bonchev–Trinajstić information content (AvgIpc) is 2.54. The summed E-state index contributed by atoms with van der Waals surface area (Å²) < 4.78 is 0. The number of pyridine rings is 1. The molecule has 2 aromatic heterocycles. The topological polar surface area (TPSA) is 64.7 Å². The second-order valence-electron chi connectivity index (χ2n) is 4.69. The Balaban J connectivity index is 2.11. The number of hydrogen-bond donors (Lipinski definition) is 1. The molecule has 0 saturated heterocycles. The van der Waals surface area contributed by atoms with Gasteiger partial charge >= 0.3 is 0 Å². The zero-order valence-electron chi connectivity index (χ0n) is 11.4. The summed E-state index contributed by atoms with van der Waals surface area (Å²) in [7, 11) is 0. The summed E-state index contributed by atoms with van der Waals surface area (Å²) in [6, 6.07) is 10.4. The van der Waals surface area contributed by atoms with E-state index >= 15 is 0 Å². The van der Waals surface area contributed by atoms with E-state index in [1.165, 1.54) is 0 Å². The smallest absolute Gasteiger partial charge is 0.0845 e. The molecule has 0 aliphatic carbocycles. The molecule has 0 radical (unpaired) electrons. The number of nitrogens with two attached hydrogens (primary N) is 1. The molecule has 0 atom stereocenters. The number of rotatable bonds is 3. The first-order valence-electron chi connectivity index (χ1n) is 6.71. The van der Waals surface area contributed by atoms with E-state index in [1.807, 2.05) is 12.3 Å². The maximum Gasteiger partial charge on any atom is 0.0845 e. The number of benzene rings is 1. The molecule has 0 bridgehead atoms. The molecule has 0 unspecified atom stereocenters. The molecule has 100 valence electrons. The van der Waals surface area contributed by atoms with Crippen molar-refractivity contribution in [2.24, 2.45) is 5.73 Å². The second-order valence-corrected chi connectivity index (χ2v) is 4.69. The fraction of sp³-hybridized carbons (Fsp3) is 0.188. The van der Waals surface area contributed by atoms with Crippen molar-refractivity contribution in [3.8, 4) is 11.1 Å². The van der Waals surface area contributed by atoms with E-state index in [0.29, 0.717) is 6.54 Å². The van der Waals surface area contributed by atoms with Crippen molar-refractivity contribution in [1.82, 2.24) is 15.2 Å². The minimum absolute atomic E-state index is 0.390. The highest BCUT2D eigenvalue weighted by molar-refractivity contribution is 5.88. The lowest BCUT2D eigenvalue weighted by Gasteiger charge is -2.06. The van der Waals surface area contributed by atoms with Gasteiger partial charge in [0.2, 0.25) is 0 Å². The summed E-state index contributed by atoms with van der Waals surface area (Å²) >= 11 is 0. The normalized spacial score (nSPS) is 10.9. The summed E-state index contributed by atoms with van der Waals surface area (Å²) in [6.45, 7) is 2.49. The van der Waals surface area contributed by atoms with Crippen LogP contribution in [0.4, 0.5) is 0 Å². The van der Waals surface area contributed by atoms with E-state index in [-0.39, 0.29) is 0 Å². The van der Waals surface area contributed by atoms with E-state index in [9.17, 15) is 0 Å². The van der Waals surface area contributed by atoms with Gasteiger partial charge in [0.25, 0.3) is 0 Å². The molecule has 3 aromatic rings. The minimum Gasteiger partial charge on any atom is -0.325 e. The predicted molar refractivity (Wildman–Crippen MR) is 80.0 cm³/mol. The zero-order chi connectivity index (χ0) is 13.9. The lowest BCUT2D eigenvalue weighted by Crippen LogP contribution is -2.02. The van der Waals surface area contributed by atoms with Gasteiger partial charge in [-0.25, -0.2) is 0 Å².